The Morgan fingerprint density at radius 2 is 1.84 bits per heavy atom. The van der Waals surface area contributed by atoms with Crippen molar-refractivity contribution in [2.75, 3.05) is 19.6 Å². The Labute approximate surface area is 217 Å². The molecule has 4 atom stereocenters. The summed E-state index contributed by atoms with van der Waals surface area (Å²) in [6.45, 7) is 0. The number of phenolic OH excluding ortho intramolecular Hbond substituents is 1. The van der Waals surface area contributed by atoms with Crippen molar-refractivity contribution in [3.8, 4) is 16.9 Å². The number of anilines is 1. The lowest BCUT2D eigenvalue weighted by molar-refractivity contribution is -0.153. The number of aliphatic hydroxyl groups excluding tert-OH is 2. The van der Waals surface area contributed by atoms with Crippen LogP contribution in [0.4, 0.5) is 5.69 Å². The number of hydrogen-bond donors (Lipinski definition) is 7. The molecule has 11 heteroatoms. The van der Waals surface area contributed by atoms with Crippen LogP contribution < -0.4 is 11.2 Å². The van der Waals surface area contributed by atoms with Crippen molar-refractivity contribution in [3.05, 3.63) is 64.4 Å². The first-order chi connectivity index (χ1) is 17.9. The van der Waals surface area contributed by atoms with E-state index in [4.69, 9.17) is 5.73 Å². The van der Waals surface area contributed by atoms with E-state index in [1.807, 2.05) is 0 Å². The third-order valence-electron chi connectivity index (χ3n) is 7.91. The Balaban J connectivity index is 1.73. The van der Waals surface area contributed by atoms with Crippen molar-refractivity contribution in [2.24, 2.45) is 17.6 Å². The summed E-state index contributed by atoms with van der Waals surface area (Å²) in [4.78, 5) is 40.6. The fraction of sp³-hybridized carbons (Fsp3) is 0.296. The number of hydrogen-bond acceptors (Lipinski definition) is 10. The highest BCUT2D eigenvalue weighted by molar-refractivity contribution is 6.24. The molecule has 0 bridgehead atoms. The Hall–Kier alpha value is -4.19. The topological polar surface area (TPSA) is 194 Å². The molecule has 0 unspecified atom stereocenters. The molecule has 0 heterocycles. The monoisotopic (exact) mass is 521 g/mol. The van der Waals surface area contributed by atoms with Gasteiger partial charge in [-0.15, -0.1) is 0 Å². The Morgan fingerprint density at radius 3 is 2.47 bits per heavy atom. The molecule has 0 aromatic heterocycles. The fourth-order valence-electron chi connectivity index (χ4n) is 6.27. The lowest BCUT2D eigenvalue weighted by Crippen LogP contribution is -2.65. The average Bonchev–Trinajstić information content (AvgIpc) is 2.86. The minimum atomic E-state index is -2.68. The summed E-state index contributed by atoms with van der Waals surface area (Å²) >= 11 is 0. The molecule has 2 aromatic carbocycles. The van der Waals surface area contributed by atoms with Gasteiger partial charge in [-0.3, -0.25) is 30.0 Å². The highest BCUT2D eigenvalue weighted by Crippen LogP contribution is 2.53. The number of amides is 1. The molecule has 3 aliphatic rings. The van der Waals surface area contributed by atoms with E-state index < -0.39 is 58.0 Å². The summed E-state index contributed by atoms with van der Waals surface area (Å²) in [6, 6.07) is 8.68. The normalized spacial score (nSPS) is 26.7. The number of carbonyl (C=O) groups excluding carboxylic acids is 3. The van der Waals surface area contributed by atoms with Crippen LogP contribution in [0.3, 0.4) is 0 Å². The fourth-order valence-corrected chi connectivity index (χ4v) is 6.27. The third-order valence-corrected chi connectivity index (χ3v) is 7.91. The maximum Gasteiger partial charge on any atom is 0.255 e. The number of Topliss-reactive ketones (excluding diaryl/α,β-unsaturated/α-hetero) is 2. The number of phenols is 1. The number of aromatic hydroxyl groups is 1. The van der Waals surface area contributed by atoms with E-state index in [0.29, 0.717) is 22.4 Å². The van der Waals surface area contributed by atoms with Crippen LogP contribution in [0.1, 0.15) is 17.5 Å². The molecule has 38 heavy (non-hydrogen) atoms. The molecule has 11 nitrogen and oxygen atoms in total. The van der Waals surface area contributed by atoms with E-state index >= 15 is 0 Å². The van der Waals surface area contributed by atoms with Crippen molar-refractivity contribution in [1.29, 1.82) is 0 Å². The third kappa shape index (κ3) is 3.36. The molecule has 0 radical (unpaired) electrons. The van der Waals surface area contributed by atoms with Crippen LogP contribution in [0.15, 0.2) is 53.3 Å². The summed E-state index contributed by atoms with van der Waals surface area (Å²) in [7, 11) is 3.09. The van der Waals surface area contributed by atoms with Crippen LogP contribution in [0.5, 0.6) is 5.75 Å². The number of primary amides is 1. The maximum atomic E-state index is 13.9. The van der Waals surface area contributed by atoms with Crippen molar-refractivity contribution >= 4 is 28.9 Å². The summed E-state index contributed by atoms with van der Waals surface area (Å²) in [5.74, 6) is -6.96. The molecule has 5 rings (SSSR count). The number of fused-ring (bicyclic) bond motifs is 3. The number of rotatable bonds is 4. The zero-order valence-corrected chi connectivity index (χ0v) is 20.6. The van der Waals surface area contributed by atoms with Crippen molar-refractivity contribution in [3.63, 3.8) is 0 Å². The predicted octanol–water partition coefficient (Wildman–Crippen LogP) is 1.43. The molecule has 1 amide bonds. The van der Waals surface area contributed by atoms with Gasteiger partial charge in [-0.2, -0.15) is 0 Å². The van der Waals surface area contributed by atoms with E-state index in [0.717, 1.165) is 0 Å². The Morgan fingerprint density at radius 1 is 1.13 bits per heavy atom. The summed E-state index contributed by atoms with van der Waals surface area (Å²) in [5, 5.41) is 53.9. The highest BCUT2D eigenvalue weighted by Gasteiger charge is 2.64. The van der Waals surface area contributed by atoms with Crippen LogP contribution in [0, 0.1) is 11.8 Å². The number of ketones is 2. The molecular formula is C27H27N3O8. The van der Waals surface area contributed by atoms with E-state index in [9.17, 15) is 40.0 Å². The number of nitrogens with one attached hydrogen (secondary N) is 1. The largest absolute Gasteiger partial charge is 0.508 e. The number of likely N-dealkylation sites (N-methyl/N-ethyl adjacent to an activating group) is 1. The minimum Gasteiger partial charge on any atom is -0.508 e. The Bertz CT molecular complexity index is 1480. The smallest absolute Gasteiger partial charge is 0.255 e. The van der Waals surface area contributed by atoms with Gasteiger partial charge in [-0.1, -0.05) is 18.2 Å². The maximum absolute atomic E-state index is 13.9. The van der Waals surface area contributed by atoms with Crippen LogP contribution in [0.2, 0.25) is 0 Å². The first kappa shape index (κ1) is 25.5. The van der Waals surface area contributed by atoms with Gasteiger partial charge in [0.05, 0.1) is 17.3 Å². The molecule has 2 aromatic rings. The molecule has 1 saturated carbocycles. The molecule has 198 valence electrons. The van der Waals surface area contributed by atoms with Gasteiger partial charge in [0.1, 0.15) is 22.8 Å². The molecule has 0 aliphatic heterocycles. The van der Waals surface area contributed by atoms with Crippen LogP contribution >= 0.6 is 0 Å². The van der Waals surface area contributed by atoms with Gasteiger partial charge >= 0.3 is 0 Å². The van der Waals surface area contributed by atoms with E-state index in [-0.39, 0.29) is 29.7 Å². The number of nitrogens with zero attached hydrogens (tertiary/aromatic N) is 1. The van der Waals surface area contributed by atoms with E-state index in [2.05, 4.69) is 5.48 Å². The first-order valence-electron chi connectivity index (χ1n) is 11.9. The molecule has 8 N–H and O–H groups in total. The number of benzene rings is 2. The van der Waals surface area contributed by atoms with Crippen molar-refractivity contribution in [2.45, 2.75) is 24.5 Å². The molecule has 0 spiro atoms. The van der Waals surface area contributed by atoms with Gasteiger partial charge in [0.15, 0.2) is 11.4 Å². The molecule has 3 aliphatic carbocycles. The quantitative estimate of drug-likeness (QED) is 0.229. The second-order valence-electron chi connectivity index (χ2n) is 10.1. The standard InChI is InChI=1S/C27H27N3O8/c1-30(2)21-16-10-12-9-15-14(11-4-3-5-13(8-11)29-38)6-7-17(31)19(15)22(32)18(12)24(34)27(16,37)25(35)20(23(21)33)26(28)36/h3-8,12,16,21,29,31-32,35,37-38H,9-10H2,1-2H3,(H2,28,36)/t12-,16-,21-,27-/m0/s1. The first-order valence-corrected chi connectivity index (χ1v) is 11.9. The minimum absolute atomic E-state index is 0.000899. The number of nitrogens with two attached hydrogens (primary N) is 1. The molecule has 0 saturated heterocycles. The number of aliphatic hydroxyl groups is 3. The van der Waals surface area contributed by atoms with Gasteiger partial charge < -0.3 is 26.2 Å². The molecule has 1 fully saturated rings. The van der Waals surface area contributed by atoms with E-state index in [1.165, 1.54) is 11.0 Å². The van der Waals surface area contributed by atoms with Gasteiger partial charge in [-0.05, 0) is 67.7 Å². The van der Waals surface area contributed by atoms with Gasteiger partial charge in [0.25, 0.3) is 5.91 Å². The average molecular weight is 522 g/mol. The summed E-state index contributed by atoms with van der Waals surface area (Å²) in [6.07, 6.45) is 0.161. The summed E-state index contributed by atoms with van der Waals surface area (Å²) in [5.41, 5.74) is 5.93. The molecular weight excluding hydrogens is 494 g/mol. The second-order valence-corrected chi connectivity index (χ2v) is 10.1. The zero-order valence-electron chi connectivity index (χ0n) is 20.6. The lowest BCUT2D eigenvalue weighted by Gasteiger charge is -2.50. The highest BCUT2D eigenvalue weighted by atomic mass is 16.5. The Kier molecular flexibility index (Phi) is 5.82. The van der Waals surface area contributed by atoms with Gasteiger partial charge in [0.2, 0.25) is 5.78 Å². The van der Waals surface area contributed by atoms with E-state index in [1.54, 1.807) is 44.4 Å². The summed E-state index contributed by atoms with van der Waals surface area (Å²) < 4.78 is 0. The van der Waals surface area contributed by atoms with Crippen molar-refractivity contribution < 1.29 is 40.0 Å². The SMILES string of the molecule is CN(C)[C@@H]1C(=O)C(C(N)=O)=C(O)[C@@]2(O)C(=O)C3=C(O)c4c(O)ccc(-c5cccc(NO)c5)c4C[C@H]3C[C@@H]12. The van der Waals surface area contributed by atoms with Crippen LogP contribution in [-0.2, 0) is 20.8 Å². The van der Waals surface area contributed by atoms with Gasteiger partial charge in [-0.25, -0.2) is 0 Å². The van der Waals surface area contributed by atoms with Crippen molar-refractivity contribution in [1.82, 2.24) is 4.90 Å². The number of carbonyl (C=O) groups is 3. The predicted molar refractivity (Wildman–Crippen MR) is 135 cm³/mol. The second kappa shape index (κ2) is 8.69. The lowest BCUT2D eigenvalue weighted by atomic mass is 9.57. The zero-order chi connectivity index (χ0) is 27.7. The van der Waals surface area contributed by atoms with Crippen LogP contribution in [-0.4, -0.2) is 73.7 Å². The van der Waals surface area contributed by atoms with Crippen LogP contribution in [0.25, 0.3) is 16.9 Å². The van der Waals surface area contributed by atoms with Gasteiger partial charge in [0, 0.05) is 11.5 Å².